The molecule has 0 aliphatic carbocycles. The van der Waals surface area contributed by atoms with Crippen LogP contribution in [0.5, 0.6) is 0 Å². The third-order valence-electron chi connectivity index (χ3n) is 4.49. The van der Waals surface area contributed by atoms with E-state index in [-0.39, 0.29) is 30.9 Å². The molecule has 2 fully saturated rings. The van der Waals surface area contributed by atoms with Gasteiger partial charge in [-0.05, 0) is 25.0 Å². The summed E-state index contributed by atoms with van der Waals surface area (Å²) in [7, 11) is 0. The number of nitrogens with zero attached hydrogens (tertiary/aromatic N) is 2. The molecule has 3 rings (SSSR count). The van der Waals surface area contributed by atoms with Crippen molar-refractivity contribution in [2.75, 3.05) is 45.9 Å². The lowest BCUT2D eigenvalue weighted by Gasteiger charge is -2.37. The fraction of sp³-hybridized carbons (Fsp3) is 0.706. The number of ether oxygens (including phenoxy) is 2. The highest BCUT2D eigenvalue weighted by Crippen LogP contribution is 2.18. The van der Waals surface area contributed by atoms with E-state index >= 15 is 0 Å². The third kappa shape index (κ3) is 7.35. The molecule has 0 aromatic carbocycles. The van der Waals surface area contributed by atoms with E-state index in [4.69, 9.17) is 9.47 Å². The van der Waals surface area contributed by atoms with Crippen molar-refractivity contribution >= 4 is 24.8 Å². The van der Waals surface area contributed by atoms with Crippen LogP contribution in [0.2, 0.25) is 0 Å². The minimum atomic E-state index is -0.780. The Hall–Kier alpha value is -0.470. The maximum atomic E-state index is 10.7. The first-order valence-corrected chi connectivity index (χ1v) is 8.48. The Morgan fingerprint density at radius 3 is 2.84 bits per heavy atom. The van der Waals surface area contributed by atoms with E-state index in [1.54, 1.807) is 6.20 Å². The number of likely N-dealkylation sites (tertiary alicyclic amines) is 1. The van der Waals surface area contributed by atoms with Crippen LogP contribution in [-0.2, 0) is 16.1 Å². The lowest BCUT2D eigenvalue weighted by atomic mass is 10.0. The molecule has 0 bridgehead atoms. The van der Waals surface area contributed by atoms with Crippen molar-refractivity contribution in [1.29, 1.82) is 0 Å². The van der Waals surface area contributed by atoms with E-state index in [0.717, 1.165) is 38.2 Å². The molecule has 1 unspecified atom stereocenters. The Morgan fingerprint density at radius 1 is 1.32 bits per heavy atom. The number of halogens is 2. The van der Waals surface area contributed by atoms with Gasteiger partial charge < -0.3 is 24.8 Å². The van der Waals surface area contributed by atoms with Gasteiger partial charge in [0.05, 0.1) is 31.6 Å². The van der Waals surface area contributed by atoms with E-state index in [9.17, 15) is 5.11 Å². The Morgan fingerprint density at radius 2 is 2.12 bits per heavy atom. The highest BCUT2D eigenvalue weighted by Gasteiger charge is 2.32. The summed E-state index contributed by atoms with van der Waals surface area (Å²) in [5.74, 6) is 0. The van der Waals surface area contributed by atoms with Gasteiger partial charge in [-0.15, -0.1) is 24.8 Å². The first-order chi connectivity index (χ1) is 11.2. The fourth-order valence-corrected chi connectivity index (χ4v) is 3.22. The zero-order valence-electron chi connectivity index (χ0n) is 14.4. The van der Waals surface area contributed by atoms with Crippen LogP contribution in [0.15, 0.2) is 24.4 Å². The largest absolute Gasteiger partial charge is 0.385 e. The molecule has 2 saturated heterocycles. The molecule has 0 radical (unpaired) electrons. The maximum Gasteiger partial charge on any atom is 0.113 e. The number of β-amino-alcohol motifs (C(OH)–C–C–N with tert-alkyl or cyclic N) is 1. The minimum Gasteiger partial charge on any atom is -0.385 e. The molecule has 0 amide bonds. The van der Waals surface area contributed by atoms with Gasteiger partial charge in [0, 0.05) is 38.9 Å². The summed E-state index contributed by atoms with van der Waals surface area (Å²) in [4.78, 5) is 6.60. The van der Waals surface area contributed by atoms with Gasteiger partial charge in [0.25, 0.3) is 0 Å². The molecule has 2 aliphatic rings. The molecule has 2 N–H and O–H groups in total. The summed E-state index contributed by atoms with van der Waals surface area (Å²) in [5.41, 5.74) is 0.198. The van der Waals surface area contributed by atoms with Gasteiger partial charge in [-0.25, -0.2) is 0 Å². The number of rotatable bonds is 5. The van der Waals surface area contributed by atoms with E-state index in [0.29, 0.717) is 32.9 Å². The Kier molecular flexibility index (Phi) is 10.2. The molecular weight excluding hydrogens is 365 g/mol. The zero-order chi connectivity index (χ0) is 16.0. The van der Waals surface area contributed by atoms with Gasteiger partial charge in [0.2, 0.25) is 0 Å². The maximum absolute atomic E-state index is 10.7. The number of hydrogen-bond donors (Lipinski definition) is 2. The second-order valence-corrected chi connectivity index (χ2v) is 6.56. The Bertz CT molecular complexity index is 465. The van der Waals surface area contributed by atoms with Crippen molar-refractivity contribution in [3.05, 3.63) is 30.1 Å². The third-order valence-corrected chi connectivity index (χ3v) is 4.49. The minimum absolute atomic E-state index is 0. The normalized spacial score (nSPS) is 25.5. The first-order valence-electron chi connectivity index (χ1n) is 8.48. The SMILES string of the molecule is Cl.Cl.OC1(CN2CCC(OCc3ccccn3)CC2)CNCCOC1. The highest BCUT2D eigenvalue weighted by atomic mass is 35.5. The van der Waals surface area contributed by atoms with Crippen molar-refractivity contribution in [3.8, 4) is 0 Å². The van der Waals surface area contributed by atoms with Gasteiger partial charge >= 0.3 is 0 Å². The first kappa shape index (κ1) is 22.6. The van der Waals surface area contributed by atoms with Gasteiger partial charge in [0.15, 0.2) is 0 Å². The Balaban J connectivity index is 0.00000156. The second-order valence-electron chi connectivity index (χ2n) is 6.56. The summed E-state index contributed by atoms with van der Waals surface area (Å²) in [5, 5.41) is 13.9. The summed E-state index contributed by atoms with van der Waals surface area (Å²) in [6, 6.07) is 5.89. The molecule has 25 heavy (non-hydrogen) atoms. The summed E-state index contributed by atoms with van der Waals surface area (Å²) in [6.45, 7) is 5.64. The molecule has 8 heteroatoms. The highest BCUT2D eigenvalue weighted by molar-refractivity contribution is 5.85. The number of aliphatic hydroxyl groups is 1. The molecule has 6 nitrogen and oxygen atoms in total. The topological polar surface area (TPSA) is 66.9 Å². The predicted molar refractivity (Wildman–Crippen MR) is 102 cm³/mol. The van der Waals surface area contributed by atoms with Crippen LogP contribution >= 0.6 is 24.8 Å². The van der Waals surface area contributed by atoms with E-state index in [1.165, 1.54) is 0 Å². The van der Waals surface area contributed by atoms with Gasteiger partial charge in [-0.1, -0.05) is 6.07 Å². The molecule has 3 heterocycles. The van der Waals surface area contributed by atoms with E-state index < -0.39 is 5.60 Å². The number of aromatic nitrogens is 1. The van der Waals surface area contributed by atoms with Gasteiger partial charge in [-0.3, -0.25) is 4.98 Å². The van der Waals surface area contributed by atoms with Gasteiger partial charge in [0.1, 0.15) is 5.60 Å². The number of nitrogens with one attached hydrogen (secondary N) is 1. The van der Waals surface area contributed by atoms with E-state index in [1.807, 2.05) is 18.2 Å². The zero-order valence-corrected chi connectivity index (χ0v) is 16.1. The number of piperidine rings is 1. The molecule has 2 aliphatic heterocycles. The van der Waals surface area contributed by atoms with Crippen molar-refractivity contribution < 1.29 is 14.6 Å². The van der Waals surface area contributed by atoms with Crippen LogP contribution in [0, 0.1) is 0 Å². The fourth-order valence-electron chi connectivity index (χ4n) is 3.22. The lowest BCUT2D eigenvalue weighted by Crippen LogP contribution is -2.53. The molecule has 1 aromatic heterocycles. The average molecular weight is 394 g/mol. The quantitative estimate of drug-likeness (QED) is 0.784. The molecule has 1 atom stereocenters. The molecular formula is C17H29Cl2N3O3. The van der Waals surface area contributed by atoms with Crippen LogP contribution in [-0.4, -0.2) is 72.6 Å². The molecule has 1 aromatic rings. The van der Waals surface area contributed by atoms with Crippen molar-refractivity contribution in [1.82, 2.24) is 15.2 Å². The van der Waals surface area contributed by atoms with Crippen LogP contribution in [0.25, 0.3) is 0 Å². The smallest absolute Gasteiger partial charge is 0.113 e. The average Bonchev–Trinajstić information content (AvgIpc) is 2.80. The monoisotopic (exact) mass is 393 g/mol. The van der Waals surface area contributed by atoms with Crippen molar-refractivity contribution in [2.24, 2.45) is 0 Å². The van der Waals surface area contributed by atoms with Crippen LogP contribution in [0.3, 0.4) is 0 Å². The second kappa shape index (κ2) is 11.3. The van der Waals surface area contributed by atoms with Crippen molar-refractivity contribution in [3.63, 3.8) is 0 Å². The van der Waals surface area contributed by atoms with Crippen LogP contribution < -0.4 is 5.32 Å². The van der Waals surface area contributed by atoms with Crippen LogP contribution in [0.1, 0.15) is 18.5 Å². The number of hydrogen-bond acceptors (Lipinski definition) is 6. The standard InChI is InChI=1S/C17H27N3O3.2ClH/c21-17(12-18-7-10-22-14-17)13-20-8-4-16(5-9-20)23-11-15-3-1-2-6-19-15;;/h1-3,6,16,18,21H,4-5,7-14H2;2*1H. The van der Waals surface area contributed by atoms with E-state index in [2.05, 4.69) is 15.2 Å². The lowest BCUT2D eigenvalue weighted by molar-refractivity contribution is -0.0644. The van der Waals surface area contributed by atoms with Crippen LogP contribution in [0.4, 0.5) is 0 Å². The molecule has 144 valence electrons. The predicted octanol–water partition coefficient (Wildman–Crippen LogP) is 1.26. The van der Waals surface area contributed by atoms with Crippen molar-refractivity contribution in [2.45, 2.75) is 31.2 Å². The summed E-state index contributed by atoms with van der Waals surface area (Å²) in [6.07, 6.45) is 4.07. The molecule has 0 spiro atoms. The molecule has 0 saturated carbocycles. The summed E-state index contributed by atoms with van der Waals surface area (Å²) >= 11 is 0. The number of pyridine rings is 1. The van der Waals surface area contributed by atoms with Gasteiger partial charge in [-0.2, -0.15) is 0 Å². The summed E-state index contributed by atoms with van der Waals surface area (Å²) < 4.78 is 11.5. The Labute approximate surface area is 162 Å².